The molecule has 0 amide bonds. The molecule has 0 fully saturated rings. The molecule has 1 aromatic heterocycles. The summed E-state index contributed by atoms with van der Waals surface area (Å²) in [5.41, 5.74) is 2.63. The molecule has 0 atom stereocenters. The highest BCUT2D eigenvalue weighted by Gasteiger charge is 2.03. The van der Waals surface area contributed by atoms with Gasteiger partial charge in [0.25, 0.3) is 0 Å². The third kappa shape index (κ3) is 2.89. The van der Waals surface area contributed by atoms with Crippen LogP contribution in [0.3, 0.4) is 0 Å². The van der Waals surface area contributed by atoms with Crippen LogP contribution in [0.2, 0.25) is 5.02 Å². The Kier molecular flexibility index (Phi) is 3.81. The molecule has 2 nitrogen and oxygen atoms in total. The lowest BCUT2D eigenvalue weighted by atomic mass is 10.2. The van der Waals surface area contributed by atoms with Gasteiger partial charge in [0, 0.05) is 16.0 Å². The minimum Gasteiger partial charge on any atom is -0.437 e. The number of fused-ring (bicyclic) bond motifs is 1. The van der Waals surface area contributed by atoms with Crippen LogP contribution in [0.4, 0.5) is 0 Å². The first-order valence-corrected chi connectivity index (χ1v) is 7.73. The standard InChI is InChI=1S/C16H12ClNOS/c1-20-13-6-2-11(3-7-13)4-9-16-18-14-10-12(17)5-8-15(14)19-16/h2-10H,1H3/b9-4+. The summed E-state index contributed by atoms with van der Waals surface area (Å²) in [7, 11) is 0. The van der Waals surface area contributed by atoms with Crippen LogP contribution in [0, 0.1) is 0 Å². The van der Waals surface area contributed by atoms with Gasteiger partial charge in [0.1, 0.15) is 5.52 Å². The van der Waals surface area contributed by atoms with Gasteiger partial charge in [0.2, 0.25) is 5.89 Å². The average Bonchev–Trinajstić information content (AvgIpc) is 2.87. The number of benzene rings is 2. The molecule has 0 saturated heterocycles. The van der Waals surface area contributed by atoms with Crippen molar-refractivity contribution >= 4 is 46.6 Å². The first-order chi connectivity index (χ1) is 9.74. The molecule has 0 aliphatic rings. The van der Waals surface area contributed by atoms with E-state index < -0.39 is 0 Å². The number of aromatic nitrogens is 1. The number of halogens is 1. The zero-order chi connectivity index (χ0) is 13.9. The van der Waals surface area contributed by atoms with Crippen LogP contribution in [0.1, 0.15) is 11.5 Å². The third-order valence-electron chi connectivity index (χ3n) is 2.90. The van der Waals surface area contributed by atoms with Gasteiger partial charge in [0.05, 0.1) is 0 Å². The SMILES string of the molecule is CSc1ccc(/C=C/c2nc3cc(Cl)ccc3o2)cc1. The van der Waals surface area contributed by atoms with Crippen molar-refractivity contribution < 1.29 is 4.42 Å². The largest absolute Gasteiger partial charge is 0.437 e. The van der Waals surface area contributed by atoms with Crippen molar-refractivity contribution in [1.29, 1.82) is 0 Å². The summed E-state index contributed by atoms with van der Waals surface area (Å²) in [5.74, 6) is 0.580. The molecule has 0 saturated carbocycles. The number of nitrogens with zero attached hydrogens (tertiary/aromatic N) is 1. The number of hydrogen-bond acceptors (Lipinski definition) is 3. The topological polar surface area (TPSA) is 26.0 Å². The molecule has 100 valence electrons. The van der Waals surface area contributed by atoms with Crippen molar-refractivity contribution in [3.05, 3.63) is 58.9 Å². The minimum atomic E-state index is 0.580. The number of rotatable bonds is 3. The normalized spacial score (nSPS) is 11.5. The van der Waals surface area contributed by atoms with E-state index in [4.69, 9.17) is 16.0 Å². The Morgan fingerprint density at radius 3 is 2.65 bits per heavy atom. The third-order valence-corrected chi connectivity index (χ3v) is 3.88. The predicted molar refractivity (Wildman–Crippen MR) is 86.2 cm³/mol. The lowest BCUT2D eigenvalue weighted by molar-refractivity contribution is 0.590. The van der Waals surface area contributed by atoms with Gasteiger partial charge in [-0.1, -0.05) is 23.7 Å². The van der Waals surface area contributed by atoms with Gasteiger partial charge in [-0.05, 0) is 48.2 Å². The Morgan fingerprint density at radius 1 is 1.10 bits per heavy atom. The molecule has 0 unspecified atom stereocenters. The number of thioether (sulfide) groups is 1. The molecule has 1 heterocycles. The van der Waals surface area contributed by atoms with Gasteiger partial charge in [-0.15, -0.1) is 11.8 Å². The van der Waals surface area contributed by atoms with Crippen molar-refractivity contribution in [3.63, 3.8) is 0 Å². The summed E-state index contributed by atoms with van der Waals surface area (Å²) in [5, 5.41) is 0.661. The Hall–Kier alpha value is -1.71. The second kappa shape index (κ2) is 5.73. The highest BCUT2D eigenvalue weighted by molar-refractivity contribution is 7.98. The Morgan fingerprint density at radius 2 is 1.90 bits per heavy atom. The lowest BCUT2D eigenvalue weighted by Gasteiger charge is -1.96. The molecule has 0 aliphatic carbocycles. The van der Waals surface area contributed by atoms with Crippen LogP contribution in [-0.4, -0.2) is 11.2 Å². The molecule has 0 N–H and O–H groups in total. The minimum absolute atomic E-state index is 0.580. The second-order valence-electron chi connectivity index (χ2n) is 4.27. The maximum Gasteiger partial charge on any atom is 0.220 e. The predicted octanol–water partition coefficient (Wildman–Crippen LogP) is 5.37. The fourth-order valence-electron chi connectivity index (χ4n) is 1.87. The van der Waals surface area contributed by atoms with Crippen LogP contribution in [0.25, 0.3) is 23.3 Å². The summed E-state index contributed by atoms with van der Waals surface area (Å²) in [6, 6.07) is 13.8. The van der Waals surface area contributed by atoms with Gasteiger partial charge >= 0.3 is 0 Å². The van der Waals surface area contributed by atoms with Crippen molar-refractivity contribution in [2.24, 2.45) is 0 Å². The van der Waals surface area contributed by atoms with E-state index in [1.807, 2.05) is 18.2 Å². The van der Waals surface area contributed by atoms with E-state index in [9.17, 15) is 0 Å². The summed E-state index contributed by atoms with van der Waals surface area (Å²) in [6.07, 6.45) is 5.91. The molecule has 3 aromatic rings. The highest BCUT2D eigenvalue weighted by Crippen LogP contribution is 2.21. The van der Waals surface area contributed by atoms with E-state index in [1.54, 1.807) is 23.9 Å². The molecule has 0 spiro atoms. The Labute approximate surface area is 126 Å². The summed E-state index contributed by atoms with van der Waals surface area (Å²) < 4.78 is 5.63. The monoisotopic (exact) mass is 301 g/mol. The van der Waals surface area contributed by atoms with E-state index in [0.717, 1.165) is 16.7 Å². The van der Waals surface area contributed by atoms with Gasteiger partial charge in [0.15, 0.2) is 5.58 Å². The molecular formula is C16H12ClNOS. The highest BCUT2D eigenvalue weighted by atomic mass is 35.5. The van der Waals surface area contributed by atoms with Crippen molar-refractivity contribution in [2.45, 2.75) is 4.90 Å². The lowest BCUT2D eigenvalue weighted by Crippen LogP contribution is -1.74. The van der Waals surface area contributed by atoms with Crippen LogP contribution in [-0.2, 0) is 0 Å². The van der Waals surface area contributed by atoms with Gasteiger partial charge < -0.3 is 4.42 Å². The first-order valence-electron chi connectivity index (χ1n) is 6.13. The van der Waals surface area contributed by atoms with Crippen LogP contribution >= 0.6 is 23.4 Å². The van der Waals surface area contributed by atoms with Crippen LogP contribution < -0.4 is 0 Å². The van der Waals surface area contributed by atoms with E-state index in [-0.39, 0.29) is 0 Å². The van der Waals surface area contributed by atoms with Crippen LogP contribution in [0.5, 0.6) is 0 Å². The van der Waals surface area contributed by atoms with E-state index in [1.165, 1.54) is 4.90 Å². The summed E-state index contributed by atoms with van der Waals surface area (Å²) >= 11 is 7.66. The maximum atomic E-state index is 5.93. The zero-order valence-corrected chi connectivity index (χ0v) is 12.4. The molecule has 2 aromatic carbocycles. The molecule has 4 heteroatoms. The molecule has 20 heavy (non-hydrogen) atoms. The summed E-state index contributed by atoms with van der Waals surface area (Å²) in [4.78, 5) is 5.63. The molecule has 0 radical (unpaired) electrons. The number of hydrogen-bond donors (Lipinski definition) is 0. The maximum absolute atomic E-state index is 5.93. The quantitative estimate of drug-likeness (QED) is 0.608. The van der Waals surface area contributed by atoms with Gasteiger partial charge in [-0.2, -0.15) is 0 Å². The van der Waals surface area contributed by atoms with Crippen molar-refractivity contribution in [2.75, 3.05) is 6.26 Å². The van der Waals surface area contributed by atoms with E-state index in [0.29, 0.717) is 10.9 Å². The van der Waals surface area contributed by atoms with Crippen LogP contribution in [0.15, 0.2) is 51.8 Å². The van der Waals surface area contributed by atoms with Crippen molar-refractivity contribution in [1.82, 2.24) is 4.98 Å². The average molecular weight is 302 g/mol. The Balaban J connectivity index is 1.85. The van der Waals surface area contributed by atoms with Gasteiger partial charge in [-0.3, -0.25) is 0 Å². The second-order valence-corrected chi connectivity index (χ2v) is 5.59. The fraction of sp³-hybridized carbons (Fsp3) is 0.0625. The van der Waals surface area contributed by atoms with Crippen molar-refractivity contribution in [3.8, 4) is 0 Å². The molecular weight excluding hydrogens is 290 g/mol. The zero-order valence-electron chi connectivity index (χ0n) is 10.8. The van der Waals surface area contributed by atoms with E-state index >= 15 is 0 Å². The summed E-state index contributed by atoms with van der Waals surface area (Å²) in [6.45, 7) is 0. The fourth-order valence-corrected chi connectivity index (χ4v) is 2.45. The smallest absolute Gasteiger partial charge is 0.220 e. The first kappa shape index (κ1) is 13.3. The Bertz CT molecular complexity index is 762. The molecule has 0 aliphatic heterocycles. The molecule has 0 bridgehead atoms. The molecule has 3 rings (SSSR count). The van der Waals surface area contributed by atoms with E-state index in [2.05, 4.69) is 35.5 Å². The van der Waals surface area contributed by atoms with Gasteiger partial charge in [-0.25, -0.2) is 4.98 Å². The number of oxazole rings is 1.